The topological polar surface area (TPSA) is 154 Å². The van der Waals surface area contributed by atoms with Gasteiger partial charge < -0.3 is 26.3 Å². The molecule has 1 aromatic carbocycles. The molecule has 3 heterocycles. The summed E-state index contributed by atoms with van der Waals surface area (Å²) in [5, 5.41) is 2.98. The zero-order valence-electron chi connectivity index (χ0n) is 22.6. The minimum absolute atomic E-state index is 0. The van der Waals surface area contributed by atoms with Crippen molar-refractivity contribution in [3.63, 3.8) is 0 Å². The minimum atomic E-state index is -1.12. The highest BCUT2D eigenvalue weighted by Gasteiger charge is 2.34. The van der Waals surface area contributed by atoms with Crippen molar-refractivity contribution in [3.8, 4) is 0 Å². The Bertz CT molecular complexity index is 1330. The highest BCUT2D eigenvalue weighted by atomic mass is 16.6. The van der Waals surface area contributed by atoms with Crippen LogP contribution in [0.1, 0.15) is 62.9 Å². The first-order valence-corrected chi connectivity index (χ1v) is 13.0. The van der Waals surface area contributed by atoms with Crippen molar-refractivity contribution in [1.82, 2.24) is 19.6 Å². The fourth-order valence-corrected chi connectivity index (χ4v) is 4.63. The molecule has 3 aromatic rings. The number of rotatable bonds is 10. The molecule has 0 radical (unpaired) electrons. The van der Waals surface area contributed by atoms with Crippen LogP contribution in [0.15, 0.2) is 48.5 Å². The number of pyridine rings is 1. The Hall–Kier alpha value is -3.96. The lowest BCUT2D eigenvalue weighted by Gasteiger charge is -2.25. The number of fused-ring (bicyclic) bond motifs is 1. The second kappa shape index (κ2) is 12.9. The SMILES string of the molecule is C.Cc1nc(C(COCc2ccccc2)NC(=O)C(C)(C)N)n2c(COC(=O)N3CCC[C@H]3C(N)=O)cccc12. The molecule has 11 heteroatoms. The molecule has 2 atom stereocenters. The molecule has 40 heavy (non-hydrogen) atoms. The molecule has 3 amide bonds. The van der Waals surface area contributed by atoms with Crippen molar-refractivity contribution in [2.24, 2.45) is 11.5 Å². The van der Waals surface area contributed by atoms with Gasteiger partial charge in [0.15, 0.2) is 0 Å². The Morgan fingerprint density at radius 1 is 1.12 bits per heavy atom. The van der Waals surface area contributed by atoms with E-state index in [0.29, 0.717) is 37.5 Å². The minimum Gasteiger partial charge on any atom is -0.443 e. The number of nitrogens with zero attached hydrogens (tertiary/aromatic N) is 3. The normalized spacial score (nSPS) is 15.9. The number of nitrogens with one attached hydrogen (secondary N) is 1. The smallest absolute Gasteiger partial charge is 0.410 e. The maximum atomic E-state index is 12.9. The van der Waals surface area contributed by atoms with Crippen LogP contribution in [0.5, 0.6) is 0 Å². The number of hydrogen-bond acceptors (Lipinski definition) is 7. The number of carbonyl (C=O) groups is 3. The van der Waals surface area contributed by atoms with Gasteiger partial charge in [-0.25, -0.2) is 9.78 Å². The van der Waals surface area contributed by atoms with Gasteiger partial charge in [-0.05, 0) is 51.3 Å². The van der Waals surface area contributed by atoms with Crippen LogP contribution in [-0.4, -0.2) is 56.9 Å². The molecule has 4 rings (SSSR count). The summed E-state index contributed by atoms with van der Waals surface area (Å²) >= 11 is 0. The average molecular weight is 553 g/mol. The zero-order chi connectivity index (χ0) is 28.2. The van der Waals surface area contributed by atoms with Gasteiger partial charge in [-0.15, -0.1) is 0 Å². The second-order valence-corrected chi connectivity index (χ2v) is 10.4. The van der Waals surface area contributed by atoms with Crippen LogP contribution in [-0.2, 0) is 32.3 Å². The Labute approximate surface area is 234 Å². The van der Waals surface area contributed by atoms with Crippen molar-refractivity contribution >= 4 is 23.4 Å². The van der Waals surface area contributed by atoms with Crippen molar-refractivity contribution < 1.29 is 23.9 Å². The Balaban J connectivity index is 0.00000441. The Morgan fingerprint density at radius 2 is 1.85 bits per heavy atom. The first-order valence-electron chi connectivity index (χ1n) is 13.0. The van der Waals surface area contributed by atoms with Gasteiger partial charge in [0.2, 0.25) is 11.8 Å². The third kappa shape index (κ3) is 6.97. The van der Waals surface area contributed by atoms with E-state index in [1.165, 1.54) is 4.90 Å². The number of hydrogen-bond donors (Lipinski definition) is 3. The maximum absolute atomic E-state index is 12.9. The molecule has 1 unspecified atom stereocenters. The van der Waals surface area contributed by atoms with E-state index < -0.39 is 29.6 Å². The summed E-state index contributed by atoms with van der Waals surface area (Å²) in [5.74, 6) is -0.382. The van der Waals surface area contributed by atoms with Crippen LogP contribution in [0.25, 0.3) is 5.52 Å². The first kappa shape index (κ1) is 30.6. The van der Waals surface area contributed by atoms with Crippen molar-refractivity contribution in [2.75, 3.05) is 13.2 Å². The first-order chi connectivity index (χ1) is 18.6. The summed E-state index contributed by atoms with van der Waals surface area (Å²) in [6.07, 6.45) is 0.602. The number of carbonyl (C=O) groups excluding carboxylic acids is 3. The predicted octanol–water partition coefficient (Wildman–Crippen LogP) is 2.98. The number of nitrogens with two attached hydrogens (primary N) is 2. The molecule has 1 fully saturated rings. The third-order valence-corrected chi connectivity index (χ3v) is 6.71. The van der Waals surface area contributed by atoms with Gasteiger partial charge in [-0.2, -0.15) is 0 Å². The second-order valence-electron chi connectivity index (χ2n) is 10.4. The average Bonchev–Trinajstić information content (AvgIpc) is 3.52. The number of ether oxygens (including phenoxy) is 2. The fraction of sp³-hybridized carbons (Fsp3) is 0.448. The molecule has 5 N–H and O–H groups in total. The molecule has 1 aliphatic rings. The number of primary amides is 1. The number of benzene rings is 1. The van der Waals surface area contributed by atoms with Gasteiger partial charge in [0.25, 0.3) is 0 Å². The van der Waals surface area contributed by atoms with E-state index in [1.807, 2.05) is 59.9 Å². The largest absolute Gasteiger partial charge is 0.443 e. The van der Waals surface area contributed by atoms with Crippen LogP contribution in [0, 0.1) is 6.92 Å². The van der Waals surface area contributed by atoms with E-state index in [0.717, 1.165) is 16.8 Å². The number of aromatic nitrogens is 2. The lowest BCUT2D eigenvalue weighted by Crippen LogP contribution is -2.51. The van der Waals surface area contributed by atoms with E-state index in [1.54, 1.807) is 13.8 Å². The lowest BCUT2D eigenvalue weighted by molar-refractivity contribution is -0.126. The van der Waals surface area contributed by atoms with E-state index in [9.17, 15) is 14.4 Å². The quantitative estimate of drug-likeness (QED) is 0.349. The fourth-order valence-electron chi connectivity index (χ4n) is 4.63. The molecule has 216 valence electrons. The predicted molar refractivity (Wildman–Crippen MR) is 151 cm³/mol. The van der Waals surface area contributed by atoms with Gasteiger partial charge in [0.05, 0.1) is 35.7 Å². The monoisotopic (exact) mass is 552 g/mol. The molecule has 0 aliphatic carbocycles. The van der Waals surface area contributed by atoms with Crippen LogP contribution >= 0.6 is 0 Å². The van der Waals surface area contributed by atoms with Crippen LogP contribution in [0.4, 0.5) is 4.79 Å². The van der Waals surface area contributed by atoms with Gasteiger partial charge in [-0.1, -0.05) is 43.8 Å². The van der Waals surface area contributed by atoms with Gasteiger partial charge >= 0.3 is 6.09 Å². The Kier molecular flexibility index (Phi) is 9.88. The summed E-state index contributed by atoms with van der Waals surface area (Å²) in [5.41, 5.74) is 13.6. The number of likely N-dealkylation sites (tertiary alicyclic amines) is 1. The van der Waals surface area contributed by atoms with Gasteiger partial charge in [-0.3, -0.25) is 18.9 Å². The van der Waals surface area contributed by atoms with Crippen LogP contribution in [0.3, 0.4) is 0 Å². The molecule has 2 aromatic heterocycles. The van der Waals surface area contributed by atoms with Crippen LogP contribution in [0.2, 0.25) is 0 Å². The number of amides is 3. The van der Waals surface area contributed by atoms with E-state index in [4.69, 9.17) is 25.9 Å². The zero-order valence-corrected chi connectivity index (χ0v) is 22.6. The Morgan fingerprint density at radius 3 is 2.52 bits per heavy atom. The molecule has 11 nitrogen and oxygen atoms in total. The molecule has 0 bridgehead atoms. The summed E-state index contributed by atoms with van der Waals surface area (Å²) in [6, 6.07) is 14.0. The number of imidazole rings is 1. The third-order valence-electron chi connectivity index (χ3n) is 6.71. The van der Waals surface area contributed by atoms with Crippen molar-refractivity contribution in [2.45, 2.75) is 71.9 Å². The van der Waals surface area contributed by atoms with Gasteiger partial charge in [0, 0.05) is 6.54 Å². The molecular weight excluding hydrogens is 512 g/mol. The highest BCUT2D eigenvalue weighted by Crippen LogP contribution is 2.24. The summed E-state index contributed by atoms with van der Waals surface area (Å²) in [6.45, 7) is 5.94. The lowest BCUT2D eigenvalue weighted by atomic mass is 10.1. The summed E-state index contributed by atoms with van der Waals surface area (Å²) < 4.78 is 13.5. The van der Waals surface area contributed by atoms with Crippen molar-refractivity contribution in [1.29, 1.82) is 0 Å². The molecule has 1 saturated heterocycles. The molecular formula is C29H40N6O5. The highest BCUT2D eigenvalue weighted by molar-refractivity contribution is 5.85. The van der Waals surface area contributed by atoms with Crippen molar-refractivity contribution in [3.05, 3.63) is 71.3 Å². The standard InChI is InChI=1S/C28H36N6O5.CH4/c1-18-22-12-7-11-20(16-39-27(37)33-14-8-13-23(33)24(29)35)34(22)25(31-18)21(32-26(36)28(2,3)30)17-38-15-19-9-5-4-6-10-19;/h4-7,9-12,21,23H,8,13-17,30H2,1-3H3,(H2,29,35)(H,32,36);1H4/t21?,23-;/m0./s1. The number of aryl methyl sites for hydroxylation is 1. The maximum Gasteiger partial charge on any atom is 0.410 e. The van der Waals surface area contributed by atoms with E-state index >= 15 is 0 Å². The van der Waals surface area contributed by atoms with E-state index in [2.05, 4.69) is 5.32 Å². The summed E-state index contributed by atoms with van der Waals surface area (Å²) in [4.78, 5) is 43.6. The molecule has 0 saturated carbocycles. The van der Waals surface area contributed by atoms with Crippen LogP contribution < -0.4 is 16.8 Å². The van der Waals surface area contributed by atoms with E-state index in [-0.39, 0.29) is 26.5 Å². The molecule has 0 spiro atoms. The summed E-state index contributed by atoms with van der Waals surface area (Å²) in [7, 11) is 0. The van der Waals surface area contributed by atoms with Gasteiger partial charge in [0.1, 0.15) is 24.5 Å². The molecule has 1 aliphatic heterocycles.